The summed E-state index contributed by atoms with van der Waals surface area (Å²) in [4.78, 5) is 29.2. The molecule has 0 bridgehead atoms. The summed E-state index contributed by atoms with van der Waals surface area (Å²) in [5, 5.41) is 4.93. The Bertz CT molecular complexity index is 798. The van der Waals surface area contributed by atoms with E-state index in [0.29, 0.717) is 24.6 Å². The molecule has 0 spiro atoms. The van der Waals surface area contributed by atoms with E-state index in [4.69, 9.17) is 0 Å². The molecule has 5 heteroatoms. The predicted octanol–water partition coefficient (Wildman–Crippen LogP) is 3.99. The molecule has 2 unspecified atom stereocenters. The fourth-order valence-corrected chi connectivity index (χ4v) is 4.40. The molecule has 0 radical (unpaired) electrons. The number of carbonyl (C=O) groups is 2. The van der Waals surface area contributed by atoms with Crippen molar-refractivity contribution in [2.45, 2.75) is 25.8 Å². The van der Waals surface area contributed by atoms with Crippen molar-refractivity contribution in [2.75, 3.05) is 13.1 Å². The van der Waals surface area contributed by atoms with E-state index in [2.05, 4.69) is 25.7 Å². The minimum absolute atomic E-state index is 0.000436. The lowest BCUT2D eigenvalue weighted by Crippen LogP contribution is -2.48. The van der Waals surface area contributed by atoms with Crippen molar-refractivity contribution in [1.29, 1.82) is 0 Å². The van der Waals surface area contributed by atoms with Crippen LogP contribution in [0.3, 0.4) is 0 Å². The third-order valence-corrected chi connectivity index (χ3v) is 5.48. The number of rotatable bonds is 6. The Morgan fingerprint density at radius 3 is 2.73 bits per heavy atom. The van der Waals surface area contributed by atoms with Crippen LogP contribution in [0.4, 0.5) is 0 Å². The molecule has 0 saturated heterocycles. The monoisotopic (exact) mass is 368 g/mol. The third-order valence-electron chi connectivity index (χ3n) is 4.54. The Morgan fingerprint density at radius 1 is 1.31 bits per heavy atom. The highest BCUT2D eigenvalue weighted by atomic mass is 32.1. The van der Waals surface area contributed by atoms with E-state index >= 15 is 0 Å². The summed E-state index contributed by atoms with van der Waals surface area (Å²) in [5.74, 6) is -0.192. The largest absolute Gasteiger partial charge is 0.352 e. The van der Waals surface area contributed by atoms with Crippen molar-refractivity contribution >= 4 is 23.2 Å². The van der Waals surface area contributed by atoms with Gasteiger partial charge in [0, 0.05) is 23.5 Å². The van der Waals surface area contributed by atoms with E-state index in [1.807, 2.05) is 46.7 Å². The number of hydrogen-bond donors (Lipinski definition) is 1. The molecule has 1 aromatic heterocycles. The van der Waals surface area contributed by atoms with Gasteiger partial charge in [-0.2, -0.15) is 0 Å². The SMILES string of the molecule is C=CCNC(=O)C1c2ccccc2C(=O)N(CC(C)C)C1c1cccs1. The van der Waals surface area contributed by atoms with Crippen molar-refractivity contribution in [2.24, 2.45) is 5.92 Å². The highest BCUT2D eigenvalue weighted by Gasteiger charge is 2.44. The Balaban J connectivity index is 2.14. The minimum atomic E-state index is -0.429. The van der Waals surface area contributed by atoms with Gasteiger partial charge in [-0.3, -0.25) is 9.59 Å². The molecule has 1 aliphatic heterocycles. The second-order valence-electron chi connectivity index (χ2n) is 6.91. The number of thiophene rings is 1. The Labute approximate surface area is 158 Å². The van der Waals surface area contributed by atoms with Crippen LogP contribution in [0, 0.1) is 5.92 Å². The molecule has 1 N–H and O–H groups in total. The topological polar surface area (TPSA) is 49.4 Å². The van der Waals surface area contributed by atoms with Crippen LogP contribution in [0.25, 0.3) is 0 Å². The number of carbonyl (C=O) groups excluding carboxylic acids is 2. The molecule has 2 atom stereocenters. The van der Waals surface area contributed by atoms with Gasteiger partial charge >= 0.3 is 0 Å². The zero-order chi connectivity index (χ0) is 18.7. The van der Waals surface area contributed by atoms with Crippen LogP contribution in [0.15, 0.2) is 54.4 Å². The highest BCUT2D eigenvalue weighted by Crippen LogP contribution is 2.44. The molecule has 0 fully saturated rings. The predicted molar refractivity (Wildman–Crippen MR) is 105 cm³/mol. The van der Waals surface area contributed by atoms with Gasteiger partial charge in [-0.15, -0.1) is 17.9 Å². The zero-order valence-corrected chi connectivity index (χ0v) is 16.0. The van der Waals surface area contributed by atoms with Crippen molar-refractivity contribution in [3.63, 3.8) is 0 Å². The summed E-state index contributed by atoms with van der Waals surface area (Å²) in [6, 6.07) is 11.2. The van der Waals surface area contributed by atoms with Crippen molar-refractivity contribution in [3.8, 4) is 0 Å². The summed E-state index contributed by atoms with van der Waals surface area (Å²) in [6.07, 6.45) is 1.67. The molecular weight excluding hydrogens is 344 g/mol. The van der Waals surface area contributed by atoms with Crippen LogP contribution < -0.4 is 5.32 Å². The first-order chi connectivity index (χ1) is 12.5. The van der Waals surface area contributed by atoms with Gasteiger partial charge < -0.3 is 10.2 Å². The van der Waals surface area contributed by atoms with Gasteiger partial charge in [0.1, 0.15) is 0 Å². The van der Waals surface area contributed by atoms with Crippen LogP contribution in [0.2, 0.25) is 0 Å². The number of hydrogen-bond acceptors (Lipinski definition) is 3. The molecular formula is C21H24N2O2S. The molecule has 2 heterocycles. The maximum Gasteiger partial charge on any atom is 0.254 e. The summed E-state index contributed by atoms with van der Waals surface area (Å²) >= 11 is 1.59. The minimum Gasteiger partial charge on any atom is -0.352 e. The van der Waals surface area contributed by atoms with Crippen molar-refractivity contribution in [1.82, 2.24) is 10.2 Å². The summed E-state index contributed by atoms with van der Waals surface area (Å²) in [5.41, 5.74) is 1.43. The van der Waals surface area contributed by atoms with Gasteiger partial charge in [-0.05, 0) is 29.0 Å². The van der Waals surface area contributed by atoms with Crippen LogP contribution >= 0.6 is 11.3 Å². The molecule has 136 valence electrons. The van der Waals surface area contributed by atoms with Gasteiger partial charge in [-0.1, -0.05) is 44.2 Å². The molecule has 2 aromatic rings. The van der Waals surface area contributed by atoms with E-state index in [0.717, 1.165) is 10.4 Å². The molecule has 2 amide bonds. The second-order valence-corrected chi connectivity index (χ2v) is 7.89. The summed E-state index contributed by atoms with van der Waals surface area (Å²) in [7, 11) is 0. The van der Waals surface area contributed by atoms with Crippen LogP contribution in [0.5, 0.6) is 0 Å². The molecule has 3 rings (SSSR count). The van der Waals surface area contributed by atoms with Gasteiger partial charge in [0.25, 0.3) is 5.91 Å². The van der Waals surface area contributed by atoms with E-state index in [1.54, 1.807) is 17.4 Å². The Hall–Kier alpha value is -2.40. The maximum absolute atomic E-state index is 13.2. The van der Waals surface area contributed by atoms with Gasteiger partial charge in [0.05, 0.1) is 12.0 Å². The molecule has 0 saturated carbocycles. The van der Waals surface area contributed by atoms with E-state index < -0.39 is 5.92 Å². The smallest absolute Gasteiger partial charge is 0.254 e. The molecule has 26 heavy (non-hydrogen) atoms. The molecule has 1 aliphatic rings. The third kappa shape index (κ3) is 3.44. The van der Waals surface area contributed by atoms with Crippen molar-refractivity contribution in [3.05, 3.63) is 70.4 Å². The highest BCUT2D eigenvalue weighted by molar-refractivity contribution is 7.10. The molecule has 0 aliphatic carbocycles. The number of fused-ring (bicyclic) bond motifs is 1. The van der Waals surface area contributed by atoms with Crippen LogP contribution in [-0.2, 0) is 4.79 Å². The summed E-state index contributed by atoms with van der Waals surface area (Å²) in [6.45, 7) is 8.88. The number of nitrogens with zero attached hydrogens (tertiary/aromatic N) is 1. The maximum atomic E-state index is 13.2. The van der Waals surface area contributed by atoms with E-state index in [9.17, 15) is 9.59 Å². The zero-order valence-electron chi connectivity index (χ0n) is 15.1. The molecule has 4 nitrogen and oxygen atoms in total. The standard InChI is InChI=1S/C21H24N2O2S/c1-4-11-22-20(24)18-15-8-5-6-9-16(15)21(25)23(13-14(2)3)19(18)17-10-7-12-26-17/h4-10,12,14,18-19H,1,11,13H2,2-3H3,(H,22,24). The summed E-state index contributed by atoms with van der Waals surface area (Å²) < 4.78 is 0. The first-order valence-corrected chi connectivity index (χ1v) is 9.74. The Morgan fingerprint density at radius 2 is 2.08 bits per heavy atom. The first-order valence-electron chi connectivity index (χ1n) is 8.86. The van der Waals surface area contributed by atoms with Gasteiger partial charge in [-0.25, -0.2) is 0 Å². The fraction of sp³-hybridized carbons (Fsp3) is 0.333. The Kier molecular flexibility index (Phi) is 5.57. The van der Waals surface area contributed by atoms with Crippen LogP contribution in [0.1, 0.15) is 46.6 Å². The fourth-order valence-electron chi connectivity index (χ4n) is 3.53. The lowest BCUT2D eigenvalue weighted by atomic mass is 9.81. The average Bonchev–Trinajstić information content (AvgIpc) is 3.15. The second kappa shape index (κ2) is 7.87. The average molecular weight is 369 g/mol. The number of benzene rings is 1. The number of amides is 2. The van der Waals surface area contributed by atoms with E-state index in [-0.39, 0.29) is 17.9 Å². The van der Waals surface area contributed by atoms with Crippen molar-refractivity contribution < 1.29 is 9.59 Å². The van der Waals surface area contributed by atoms with Gasteiger partial charge in [0.15, 0.2) is 0 Å². The number of nitrogens with one attached hydrogen (secondary N) is 1. The normalized spacial score (nSPS) is 19.3. The first kappa shape index (κ1) is 18.4. The lowest BCUT2D eigenvalue weighted by Gasteiger charge is -2.42. The van der Waals surface area contributed by atoms with Gasteiger partial charge in [0.2, 0.25) is 5.91 Å². The van der Waals surface area contributed by atoms with Crippen LogP contribution in [-0.4, -0.2) is 29.8 Å². The lowest BCUT2D eigenvalue weighted by molar-refractivity contribution is -0.124. The quantitative estimate of drug-likeness (QED) is 0.784. The van der Waals surface area contributed by atoms with E-state index in [1.165, 1.54) is 0 Å². The molecule has 1 aromatic carbocycles.